The summed E-state index contributed by atoms with van der Waals surface area (Å²) in [6.07, 6.45) is 3.57. The third-order valence-corrected chi connectivity index (χ3v) is 2.17. The third-order valence-electron chi connectivity index (χ3n) is 2.17. The van der Waals surface area contributed by atoms with Gasteiger partial charge in [-0.05, 0) is 24.8 Å². The minimum Gasteiger partial charge on any atom is -0.381 e. The van der Waals surface area contributed by atoms with E-state index < -0.39 is 0 Å². The Morgan fingerprint density at radius 2 is 1.80 bits per heavy atom. The molecule has 0 fully saturated rings. The van der Waals surface area contributed by atoms with Gasteiger partial charge in [-0.2, -0.15) is 5.26 Å². The molecule has 0 amide bonds. The van der Waals surface area contributed by atoms with E-state index in [1.54, 1.807) is 0 Å². The minimum absolute atomic E-state index is 0.596. The molecule has 0 aliphatic carbocycles. The lowest BCUT2D eigenvalue weighted by Gasteiger charge is -2.02. The molecule has 80 valence electrons. The van der Waals surface area contributed by atoms with E-state index in [0.29, 0.717) is 13.0 Å². The smallest absolute Gasteiger partial charge is 0.0622 e. The van der Waals surface area contributed by atoms with Crippen LogP contribution in [0.2, 0.25) is 0 Å². The molecule has 0 unspecified atom stereocenters. The van der Waals surface area contributed by atoms with Crippen LogP contribution in [0.5, 0.6) is 0 Å². The summed E-state index contributed by atoms with van der Waals surface area (Å²) in [4.78, 5) is 0. The van der Waals surface area contributed by atoms with Crippen molar-refractivity contribution >= 4 is 0 Å². The first kappa shape index (κ1) is 11.7. The van der Waals surface area contributed by atoms with Crippen molar-refractivity contribution in [3.8, 4) is 6.07 Å². The van der Waals surface area contributed by atoms with Crippen LogP contribution in [-0.2, 0) is 11.2 Å². The topological polar surface area (TPSA) is 33.0 Å². The Hall–Kier alpha value is -1.33. The van der Waals surface area contributed by atoms with Crippen LogP contribution in [0.1, 0.15) is 24.8 Å². The van der Waals surface area contributed by atoms with Crippen LogP contribution in [-0.4, -0.2) is 13.2 Å². The maximum absolute atomic E-state index is 8.31. The van der Waals surface area contributed by atoms with Crippen LogP contribution >= 0.6 is 0 Å². The molecule has 0 radical (unpaired) electrons. The standard InChI is InChI=1S/C13H17NO/c14-10-4-5-11-15-12-6-9-13-7-2-1-3-8-13/h1-3,7-8H,4-6,9,11-12H2. The molecule has 0 saturated heterocycles. The van der Waals surface area contributed by atoms with Gasteiger partial charge >= 0.3 is 0 Å². The molecule has 0 heterocycles. The average Bonchev–Trinajstić information content (AvgIpc) is 2.29. The van der Waals surface area contributed by atoms with E-state index >= 15 is 0 Å². The van der Waals surface area contributed by atoms with Crippen molar-refractivity contribution in [2.45, 2.75) is 25.7 Å². The fourth-order valence-electron chi connectivity index (χ4n) is 1.38. The van der Waals surface area contributed by atoms with Gasteiger partial charge in [0.05, 0.1) is 6.07 Å². The molecule has 2 nitrogen and oxygen atoms in total. The summed E-state index contributed by atoms with van der Waals surface area (Å²) in [6, 6.07) is 12.5. The van der Waals surface area contributed by atoms with E-state index in [-0.39, 0.29) is 0 Å². The number of unbranched alkanes of at least 4 members (excludes halogenated alkanes) is 1. The van der Waals surface area contributed by atoms with Gasteiger partial charge in [-0.15, -0.1) is 0 Å². The van der Waals surface area contributed by atoms with Crippen LogP contribution in [0.3, 0.4) is 0 Å². The minimum atomic E-state index is 0.596. The number of benzene rings is 1. The maximum Gasteiger partial charge on any atom is 0.0622 e. The second-order valence-corrected chi connectivity index (χ2v) is 3.46. The average molecular weight is 203 g/mol. The number of rotatable bonds is 7. The Bertz CT molecular complexity index is 289. The summed E-state index contributed by atoms with van der Waals surface area (Å²) in [5.41, 5.74) is 1.36. The molecule has 0 saturated carbocycles. The monoisotopic (exact) mass is 203 g/mol. The highest BCUT2D eigenvalue weighted by Crippen LogP contribution is 2.02. The van der Waals surface area contributed by atoms with Crippen LogP contribution in [0.4, 0.5) is 0 Å². The number of nitrogens with zero attached hydrogens (tertiary/aromatic N) is 1. The highest BCUT2D eigenvalue weighted by atomic mass is 16.5. The Morgan fingerprint density at radius 1 is 1.07 bits per heavy atom. The highest BCUT2D eigenvalue weighted by Gasteiger charge is 1.92. The maximum atomic E-state index is 8.31. The summed E-state index contributed by atoms with van der Waals surface area (Å²) in [5.74, 6) is 0. The van der Waals surface area contributed by atoms with Crippen LogP contribution in [0.15, 0.2) is 30.3 Å². The van der Waals surface area contributed by atoms with Crippen LogP contribution in [0, 0.1) is 11.3 Å². The van der Waals surface area contributed by atoms with E-state index in [2.05, 4.69) is 30.3 Å². The Labute approximate surface area is 91.5 Å². The number of hydrogen-bond acceptors (Lipinski definition) is 2. The fourth-order valence-corrected chi connectivity index (χ4v) is 1.38. The van der Waals surface area contributed by atoms with Crippen molar-refractivity contribution in [1.82, 2.24) is 0 Å². The molecule has 1 aromatic carbocycles. The lowest BCUT2D eigenvalue weighted by atomic mass is 10.1. The second kappa shape index (κ2) is 8.02. The van der Waals surface area contributed by atoms with Crippen molar-refractivity contribution in [3.63, 3.8) is 0 Å². The summed E-state index contributed by atoms with van der Waals surface area (Å²) in [6.45, 7) is 1.50. The molecule has 0 aliphatic heterocycles. The van der Waals surface area contributed by atoms with Crippen LogP contribution < -0.4 is 0 Å². The largest absolute Gasteiger partial charge is 0.381 e. The molecular formula is C13H17NO. The van der Waals surface area contributed by atoms with Gasteiger partial charge in [-0.3, -0.25) is 0 Å². The summed E-state index contributed by atoms with van der Waals surface area (Å²) < 4.78 is 5.41. The van der Waals surface area contributed by atoms with E-state index in [4.69, 9.17) is 10.00 Å². The number of nitriles is 1. The first-order valence-corrected chi connectivity index (χ1v) is 5.42. The van der Waals surface area contributed by atoms with E-state index in [0.717, 1.165) is 25.9 Å². The molecular weight excluding hydrogens is 186 g/mol. The molecule has 1 aromatic rings. The summed E-state index contributed by atoms with van der Waals surface area (Å²) in [5, 5.41) is 8.31. The second-order valence-electron chi connectivity index (χ2n) is 3.46. The van der Waals surface area contributed by atoms with Gasteiger partial charge in [0.15, 0.2) is 0 Å². The van der Waals surface area contributed by atoms with Gasteiger partial charge in [0, 0.05) is 19.6 Å². The van der Waals surface area contributed by atoms with Gasteiger partial charge in [-0.1, -0.05) is 30.3 Å². The zero-order valence-electron chi connectivity index (χ0n) is 8.98. The zero-order chi connectivity index (χ0) is 10.8. The lowest BCUT2D eigenvalue weighted by Crippen LogP contribution is -1.98. The van der Waals surface area contributed by atoms with Crippen LogP contribution in [0.25, 0.3) is 0 Å². The molecule has 0 aliphatic rings. The van der Waals surface area contributed by atoms with Crippen molar-refractivity contribution in [2.24, 2.45) is 0 Å². The van der Waals surface area contributed by atoms with Crippen molar-refractivity contribution in [3.05, 3.63) is 35.9 Å². The van der Waals surface area contributed by atoms with Gasteiger partial charge in [0.1, 0.15) is 0 Å². The first-order valence-electron chi connectivity index (χ1n) is 5.42. The van der Waals surface area contributed by atoms with Gasteiger partial charge in [-0.25, -0.2) is 0 Å². The molecule has 0 spiro atoms. The van der Waals surface area contributed by atoms with E-state index in [9.17, 15) is 0 Å². The quantitative estimate of drug-likeness (QED) is 0.638. The van der Waals surface area contributed by atoms with Gasteiger partial charge in [0.25, 0.3) is 0 Å². The van der Waals surface area contributed by atoms with Crippen molar-refractivity contribution in [2.75, 3.05) is 13.2 Å². The highest BCUT2D eigenvalue weighted by molar-refractivity contribution is 5.14. The Balaban J connectivity index is 1.96. The predicted molar refractivity (Wildman–Crippen MR) is 60.4 cm³/mol. The third kappa shape index (κ3) is 5.87. The van der Waals surface area contributed by atoms with Gasteiger partial charge < -0.3 is 4.74 Å². The number of ether oxygens (including phenoxy) is 1. The lowest BCUT2D eigenvalue weighted by molar-refractivity contribution is 0.130. The molecule has 0 atom stereocenters. The Morgan fingerprint density at radius 3 is 2.53 bits per heavy atom. The zero-order valence-corrected chi connectivity index (χ0v) is 8.98. The molecule has 0 aromatic heterocycles. The normalized spacial score (nSPS) is 9.80. The van der Waals surface area contributed by atoms with Crippen molar-refractivity contribution < 1.29 is 4.74 Å². The summed E-state index contributed by atoms with van der Waals surface area (Å²) >= 11 is 0. The predicted octanol–water partition coefficient (Wildman–Crippen LogP) is 2.94. The Kier molecular flexibility index (Phi) is 6.28. The van der Waals surface area contributed by atoms with Crippen molar-refractivity contribution in [1.29, 1.82) is 5.26 Å². The molecule has 2 heteroatoms. The molecule has 0 bridgehead atoms. The first-order chi connectivity index (χ1) is 7.43. The van der Waals surface area contributed by atoms with Gasteiger partial charge in [0.2, 0.25) is 0 Å². The van der Waals surface area contributed by atoms with E-state index in [1.165, 1.54) is 5.56 Å². The number of hydrogen-bond donors (Lipinski definition) is 0. The number of aryl methyl sites for hydroxylation is 1. The summed E-state index contributed by atoms with van der Waals surface area (Å²) in [7, 11) is 0. The fraction of sp³-hybridized carbons (Fsp3) is 0.462. The molecule has 15 heavy (non-hydrogen) atoms. The molecule has 1 rings (SSSR count). The SMILES string of the molecule is N#CCCCOCCCc1ccccc1. The molecule has 0 N–H and O–H groups in total. The van der Waals surface area contributed by atoms with E-state index in [1.807, 2.05) is 6.07 Å².